The molecule has 0 saturated heterocycles. The Morgan fingerprint density at radius 3 is 2.47 bits per heavy atom. The summed E-state index contributed by atoms with van der Waals surface area (Å²) >= 11 is 0. The number of carbonyl (C=O) groups excluding carboxylic acids is 1. The highest BCUT2D eigenvalue weighted by molar-refractivity contribution is 5.99. The van der Waals surface area contributed by atoms with Crippen LogP contribution >= 0.6 is 0 Å². The van der Waals surface area contributed by atoms with Crippen molar-refractivity contribution < 1.29 is 14.7 Å². The molecule has 1 aromatic carbocycles. The maximum atomic E-state index is 11.8. The molecule has 2 aliphatic heterocycles. The molecule has 0 bridgehead atoms. The molecule has 0 aliphatic carbocycles. The number of nitrogens with zero attached hydrogens (tertiary/aromatic N) is 1. The van der Waals surface area contributed by atoms with Crippen molar-refractivity contribution in [3.8, 4) is 0 Å². The lowest BCUT2D eigenvalue weighted by atomic mass is 9.81. The first kappa shape index (κ1) is 12.2. The highest BCUT2D eigenvalue weighted by Gasteiger charge is 2.35. The third-order valence-corrected chi connectivity index (χ3v) is 4.31. The average Bonchev–Trinajstić information content (AvgIpc) is 2.79. The minimum absolute atomic E-state index is 0.191. The maximum absolute atomic E-state index is 11.8. The van der Waals surface area contributed by atoms with Crippen molar-refractivity contribution in [2.24, 2.45) is 0 Å². The minimum atomic E-state index is -0.888. The first-order valence-electron chi connectivity index (χ1n) is 6.61. The molecule has 2 aliphatic rings. The quantitative estimate of drug-likeness (QED) is 0.882. The largest absolute Gasteiger partial charge is 0.481 e. The number of amides is 1. The van der Waals surface area contributed by atoms with Gasteiger partial charge >= 0.3 is 5.97 Å². The fraction of sp³-hybridized carbons (Fsp3) is 0.467. The third-order valence-electron chi connectivity index (χ3n) is 4.31. The first-order valence-corrected chi connectivity index (χ1v) is 6.61. The number of rotatable bonds is 2. The molecule has 0 radical (unpaired) electrons. The lowest BCUT2D eigenvalue weighted by molar-refractivity contribution is -0.142. The van der Waals surface area contributed by atoms with E-state index in [4.69, 9.17) is 0 Å². The summed E-state index contributed by atoms with van der Waals surface area (Å²) < 4.78 is 0. The van der Waals surface area contributed by atoms with Gasteiger partial charge in [0.15, 0.2) is 0 Å². The van der Waals surface area contributed by atoms with Crippen molar-refractivity contribution >= 4 is 17.6 Å². The number of benzene rings is 1. The van der Waals surface area contributed by atoms with E-state index < -0.39 is 11.4 Å². The smallest absolute Gasteiger partial charge is 0.313 e. The number of hydrogen-bond acceptors (Lipinski definition) is 2. The predicted molar refractivity (Wildman–Crippen MR) is 71.5 cm³/mol. The average molecular weight is 259 g/mol. The number of carboxylic acid groups (broad SMARTS) is 1. The van der Waals surface area contributed by atoms with E-state index in [0.29, 0.717) is 6.42 Å². The van der Waals surface area contributed by atoms with Gasteiger partial charge in [0.25, 0.3) is 0 Å². The Hall–Kier alpha value is -1.84. The van der Waals surface area contributed by atoms with E-state index in [2.05, 4.69) is 0 Å². The topological polar surface area (TPSA) is 57.6 Å². The molecule has 0 fully saturated rings. The van der Waals surface area contributed by atoms with E-state index >= 15 is 0 Å². The van der Waals surface area contributed by atoms with Crippen LogP contribution in [-0.2, 0) is 27.8 Å². The summed E-state index contributed by atoms with van der Waals surface area (Å²) in [7, 11) is 0. The molecule has 19 heavy (non-hydrogen) atoms. The van der Waals surface area contributed by atoms with E-state index in [-0.39, 0.29) is 5.91 Å². The van der Waals surface area contributed by atoms with Crippen molar-refractivity contribution in [1.29, 1.82) is 0 Å². The van der Waals surface area contributed by atoms with Crippen LogP contribution in [0.5, 0.6) is 0 Å². The molecule has 4 nitrogen and oxygen atoms in total. The second-order valence-electron chi connectivity index (χ2n) is 5.87. The molecule has 2 heterocycles. The maximum Gasteiger partial charge on any atom is 0.313 e. The van der Waals surface area contributed by atoms with Crippen molar-refractivity contribution in [3.63, 3.8) is 0 Å². The fourth-order valence-corrected chi connectivity index (χ4v) is 2.94. The Labute approximate surface area is 112 Å². The van der Waals surface area contributed by atoms with Crippen LogP contribution < -0.4 is 4.90 Å². The van der Waals surface area contributed by atoms with Gasteiger partial charge in [0, 0.05) is 13.0 Å². The molecule has 0 unspecified atom stereocenters. The van der Waals surface area contributed by atoms with Crippen LogP contribution in [0.1, 0.15) is 37.0 Å². The second-order valence-corrected chi connectivity index (χ2v) is 5.87. The minimum Gasteiger partial charge on any atom is -0.481 e. The van der Waals surface area contributed by atoms with E-state index in [1.807, 2.05) is 17.0 Å². The first-order chi connectivity index (χ1) is 8.91. The zero-order valence-electron chi connectivity index (χ0n) is 11.2. The van der Waals surface area contributed by atoms with Crippen molar-refractivity contribution in [1.82, 2.24) is 0 Å². The number of hydrogen-bond donors (Lipinski definition) is 1. The molecule has 0 aromatic heterocycles. The van der Waals surface area contributed by atoms with Gasteiger partial charge in [-0.2, -0.15) is 0 Å². The fourth-order valence-electron chi connectivity index (χ4n) is 2.94. The number of carbonyl (C=O) groups is 2. The molecule has 3 rings (SSSR count). The highest BCUT2D eigenvalue weighted by atomic mass is 16.4. The summed E-state index contributed by atoms with van der Waals surface area (Å²) in [4.78, 5) is 25.1. The number of carboxylic acids is 1. The van der Waals surface area contributed by atoms with E-state index in [9.17, 15) is 14.7 Å². The standard InChI is InChI=1S/C15H17NO3/c1-15(2,14(18)19)11-7-9-3-4-12(17)16-6-5-10(8-11)13(9)16/h7-8H,3-6H2,1-2H3,(H,18,19). The van der Waals surface area contributed by atoms with Gasteiger partial charge in [0.2, 0.25) is 5.91 Å². The van der Waals surface area contributed by atoms with Gasteiger partial charge in [-0.15, -0.1) is 0 Å². The van der Waals surface area contributed by atoms with Gasteiger partial charge in [0.05, 0.1) is 11.1 Å². The van der Waals surface area contributed by atoms with Crippen LogP contribution in [0.2, 0.25) is 0 Å². The van der Waals surface area contributed by atoms with Crippen molar-refractivity contribution in [2.75, 3.05) is 11.4 Å². The summed E-state index contributed by atoms with van der Waals surface area (Å²) in [5, 5.41) is 9.35. The molecule has 4 heteroatoms. The van der Waals surface area contributed by atoms with Gasteiger partial charge < -0.3 is 10.0 Å². The van der Waals surface area contributed by atoms with Gasteiger partial charge in [-0.25, -0.2) is 0 Å². The molecule has 1 N–H and O–H groups in total. The third kappa shape index (κ3) is 1.66. The van der Waals surface area contributed by atoms with Crippen LogP contribution in [0.4, 0.5) is 5.69 Å². The number of aryl methyl sites for hydroxylation is 1. The van der Waals surface area contributed by atoms with E-state index in [1.165, 1.54) is 0 Å². The molecule has 1 aromatic rings. The van der Waals surface area contributed by atoms with Crippen LogP contribution in [0.15, 0.2) is 12.1 Å². The summed E-state index contributed by atoms with van der Waals surface area (Å²) in [6.07, 6.45) is 2.09. The van der Waals surface area contributed by atoms with Crippen LogP contribution in [0.25, 0.3) is 0 Å². The normalized spacial score (nSPS) is 17.6. The van der Waals surface area contributed by atoms with Gasteiger partial charge in [-0.1, -0.05) is 12.1 Å². The Morgan fingerprint density at radius 1 is 1.21 bits per heavy atom. The zero-order valence-corrected chi connectivity index (χ0v) is 11.2. The Balaban J connectivity index is 2.15. The molecular weight excluding hydrogens is 242 g/mol. The Bertz CT molecular complexity index is 589. The van der Waals surface area contributed by atoms with E-state index in [0.717, 1.165) is 41.8 Å². The molecule has 1 amide bonds. The molecule has 0 atom stereocenters. The molecular formula is C15H17NO3. The Kier molecular flexibility index (Phi) is 2.46. The lowest BCUT2D eigenvalue weighted by Crippen LogP contribution is -2.33. The zero-order chi connectivity index (χ0) is 13.8. The molecule has 0 saturated carbocycles. The van der Waals surface area contributed by atoms with Gasteiger partial charge in [-0.05, 0) is 43.4 Å². The summed E-state index contributed by atoms with van der Waals surface area (Å²) in [6, 6.07) is 3.93. The van der Waals surface area contributed by atoms with Gasteiger partial charge in [-0.3, -0.25) is 9.59 Å². The van der Waals surface area contributed by atoms with Crippen LogP contribution in [0.3, 0.4) is 0 Å². The van der Waals surface area contributed by atoms with Crippen LogP contribution in [-0.4, -0.2) is 23.5 Å². The summed E-state index contributed by atoms with van der Waals surface area (Å²) in [5.41, 5.74) is 3.24. The molecule has 0 spiro atoms. The predicted octanol–water partition coefficient (Wildman–Crippen LogP) is 1.88. The van der Waals surface area contributed by atoms with E-state index in [1.54, 1.807) is 13.8 Å². The summed E-state index contributed by atoms with van der Waals surface area (Å²) in [6.45, 7) is 4.19. The number of aliphatic carboxylic acids is 1. The SMILES string of the molecule is CC(C)(C(=O)O)c1cc2c3c(c1)CCN3C(=O)CC2. The highest BCUT2D eigenvalue weighted by Crippen LogP contribution is 2.39. The van der Waals surface area contributed by atoms with Gasteiger partial charge in [0.1, 0.15) is 0 Å². The lowest BCUT2D eigenvalue weighted by Gasteiger charge is -2.28. The monoisotopic (exact) mass is 259 g/mol. The number of anilines is 1. The summed E-state index contributed by atoms with van der Waals surface area (Å²) in [5.74, 6) is -0.627. The Morgan fingerprint density at radius 2 is 1.84 bits per heavy atom. The van der Waals surface area contributed by atoms with Crippen molar-refractivity contribution in [3.05, 3.63) is 28.8 Å². The van der Waals surface area contributed by atoms with Crippen LogP contribution in [0, 0.1) is 0 Å². The second kappa shape index (κ2) is 3.83. The molecule has 100 valence electrons. The van der Waals surface area contributed by atoms with Crippen molar-refractivity contribution in [2.45, 2.75) is 38.5 Å².